The molecule has 1 aliphatic rings. The maximum atomic E-state index is 13.1. The second-order valence-electron chi connectivity index (χ2n) is 8.74. The van der Waals surface area contributed by atoms with E-state index in [1.807, 2.05) is 42.5 Å². The number of amidine groups is 1. The Morgan fingerprint density at radius 3 is 2.27 bits per heavy atom. The average Bonchev–Trinajstić information content (AvgIpc) is 3.33. The molecule has 0 aliphatic carbocycles. The van der Waals surface area contributed by atoms with Crippen LogP contribution in [0.2, 0.25) is 10.0 Å². The van der Waals surface area contributed by atoms with Crippen LogP contribution in [0.3, 0.4) is 0 Å². The van der Waals surface area contributed by atoms with E-state index in [-0.39, 0.29) is 30.5 Å². The minimum absolute atomic E-state index is 0.00651. The summed E-state index contributed by atoms with van der Waals surface area (Å²) < 4.78 is 41.6. The smallest absolute Gasteiger partial charge is 0.330 e. The number of hydrazone groups is 1. The Morgan fingerprint density at radius 1 is 1.02 bits per heavy atom. The van der Waals surface area contributed by atoms with Gasteiger partial charge < -0.3 is 9.47 Å². The fourth-order valence-electron chi connectivity index (χ4n) is 4.15. The predicted octanol–water partition coefficient (Wildman–Crippen LogP) is 5.85. The van der Waals surface area contributed by atoms with Crippen molar-refractivity contribution < 1.29 is 22.7 Å². The number of carbonyl (C=O) groups is 1. The molecule has 3 aromatic carbocycles. The molecule has 0 spiro atoms. The molecule has 0 saturated carbocycles. The average molecular weight is 601 g/mol. The van der Waals surface area contributed by atoms with Gasteiger partial charge in [0.05, 0.1) is 24.7 Å². The van der Waals surface area contributed by atoms with Crippen LogP contribution < -0.4 is 0 Å². The third kappa shape index (κ3) is 6.79. The third-order valence-corrected chi connectivity index (χ3v) is 7.91. The lowest BCUT2D eigenvalue weighted by Crippen LogP contribution is -2.42. The van der Waals surface area contributed by atoms with Gasteiger partial charge in [-0.3, -0.25) is 0 Å². The number of esters is 1. The quantitative estimate of drug-likeness (QED) is 0.132. The first-order valence-electron chi connectivity index (χ1n) is 12.4. The number of benzene rings is 3. The SMILES string of the molecule is CCOC(=O)/C=C/COC1(c2ccccc2)CN(C(C)=NS(=O)(=O)c2ccc(Cl)cc2)N=C1c1ccc(Cl)cc1. The van der Waals surface area contributed by atoms with Crippen LogP contribution in [0.1, 0.15) is 25.0 Å². The van der Waals surface area contributed by atoms with Gasteiger partial charge in [0, 0.05) is 21.7 Å². The number of halogens is 2. The van der Waals surface area contributed by atoms with Gasteiger partial charge in [0.2, 0.25) is 0 Å². The normalized spacial score (nSPS) is 17.8. The van der Waals surface area contributed by atoms with Gasteiger partial charge in [0.15, 0.2) is 5.60 Å². The van der Waals surface area contributed by atoms with Crippen molar-refractivity contribution in [3.05, 3.63) is 112 Å². The fraction of sp³-hybridized carbons (Fsp3) is 0.207. The summed E-state index contributed by atoms with van der Waals surface area (Å²) in [6, 6.07) is 22.3. The minimum Gasteiger partial charge on any atom is -0.463 e. The summed E-state index contributed by atoms with van der Waals surface area (Å²) in [5.41, 5.74) is 0.885. The van der Waals surface area contributed by atoms with Gasteiger partial charge in [-0.05, 0) is 55.8 Å². The molecule has 0 N–H and O–H groups in total. The topological polar surface area (TPSA) is 97.6 Å². The zero-order valence-corrected chi connectivity index (χ0v) is 24.2. The molecular weight excluding hydrogens is 573 g/mol. The van der Waals surface area contributed by atoms with Crippen molar-refractivity contribution in [1.82, 2.24) is 5.01 Å². The van der Waals surface area contributed by atoms with E-state index in [9.17, 15) is 13.2 Å². The molecular formula is C29H27Cl2N3O5S. The molecule has 208 valence electrons. The highest BCUT2D eigenvalue weighted by molar-refractivity contribution is 7.90. The molecule has 1 aliphatic heterocycles. The minimum atomic E-state index is -4.04. The molecule has 40 heavy (non-hydrogen) atoms. The van der Waals surface area contributed by atoms with Gasteiger partial charge in [-0.25, -0.2) is 9.80 Å². The van der Waals surface area contributed by atoms with E-state index >= 15 is 0 Å². The molecule has 3 aromatic rings. The van der Waals surface area contributed by atoms with E-state index in [0.29, 0.717) is 15.8 Å². The Labute approximate surface area is 243 Å². The Hall–Kier alpha value is -3.50. The maximum Gasteiger partial charge on any atom is 0.330 e. The van der Waals surface area contributed by atoms with Gasteiger partial charge in [-0.1, -0.05) is 71.7 Å². The zero-order valence-electron chi connectivity index (χ0n) is 21.8. The Kier molecular flexibility index (Phi) is 9.42. The zero-order chi connectivity index (χ0) is 28.8. The van der Waals surface area contributed by atoms with Gasteiger partial charge in [0.25, 0.3) is 10.0 Å². The van der Waals surface area contributed by atoms with Crippen molar-refractivity contribution in [2.45, 2.75) is 24.3 Å². The number of hydrogen-bond donors (Lipinski definition) is 0. The first-order valence-corrected chi connectivity index (χ1v) is 14.6. The number of sulfonamides is 1. The van der Waals surface area contributed by atoms with Crippen molar-refractivity contribution in [3.8, 4) is 0 Å². The second-order valence-corrected chi connectivity index (χ2v) is 11.2. The molecule has 0 fully saturated rings. The molecule has 1 heterocycles. The summed E-state index contributed by atoms with van der Waals surface area (Å²) in [5.74, 6) is -0.334. The molecule has 1 unspecified atom stereocenters. The molecule has 0 saturated heterocycles. The Bertz CT molecular complexity index is 1540. The molecule has 0 aromatic heterocycles. The summed E-state index contributed by atoms with van der Waals surface area (Å²) in [6.45, 7) is 3.72. The van der Waals surface area contributed by atoms with E-state index < -0.39 is 21.6 Å². The van der Waals surface area contributed by atoms with Crippen molar-refractivity contribution in [3.63, 3.8) is 0 Å². The van der Waals surface area contributed by atoms with Gasteiger partial charge in [-0.15, -0.1) is 4.40 Å². The highest BCUT2D eigenvalue weighted by Crippen LogP contribution is 2.37. The van der Waals surface area contributed by atoms with E-state index in [4.69, 9.17) is 37.8 Å². The van der Waals surface area contributed by atoms with Crippen LogP contribution in [0.15, 0.2) is 105 Å². The number of rotatable bonds is 9. The van der Waals surface area contributed by atoms with Gasteiger partial charge >= 0.3 is 5.97 Å². The lowest BCUT2D eigenvalue weighted by molar-refractivity contribution is -0.137. The van der Waals surface area contributed by atoms with Crippen LogP contribution in [-0.2, 0) is 29.9 Å². The summed E-state index contributed by atoms with van der Waals surface area (Å²) in [6.07, 6.45) is 2.87. The van der Waals surface area contributed by atoms with Crippen LogP contribution in [-0.4, -0.2) is 50.7 Å². The summed E-state index contributed by atoms with van der Waals surface area (Å²) in [5, 5.41) is 7.27. The molecule has 0 bridgehead atoms. The van der Waals surface area contributed by atoms with Crippen LogP contribution >= 0.6 is 23.2 Å². The Morgan fingerprint density at radius 2 is 1.65 bits per heavy atom. The van der Waals surface area contributed by atoms with E-state index in [2.05, 4.69) is 4.40 Å². The van der Waals surface area contributed by atoms with Crippen LogP contribution in [0.5, 0.6) is 0 Å². The number of ether oxygens (including phenoxy) is 2. The summed E-state index contributed by atoms with van der Waals surface area (Å²) in [7, 11) is -4.04. The first-order chi connectivity index (χ1) is 19.1. The summed E-state index contributed by atoms with van der Waals surface area (Å²) >= 11 is 12.1. The molecule has 8 nitrogen and oxygen atoms in total. The molecule has 0 radical (unpaired) electrons. The molecule has 4 rings (SSSR count). The van der Waals surface area contributed by atoms with Crippen molar-refractivity contribution in [1.29, 1.82) is 0 Å². The number of carbonyl (C=O) groups excluding carboxylic acids is 1. The summed E-state index contributed by atoms with van der Waals surface area (Å²) in [4.78, 5) is 11.8. The van der Waals surface area contributed by atoms with Crippen molar-refractivity contribution in [2.75, 3.05) is 19.8 Å². The molecule has 11 heteroatoms. The maximum absolute atomic E-state index is 13.1. The lowest BCUT2D eigenvalue weighted by atomic mass is 9.85. The molecule has 0 amide bonds. The first kappa shape index (κ1) is 29.5. The largest absolute Gasteiger partial charge is 0.463 e. The van der Waals surface area contributed by atoms with Crippen LogP contribution in [0.4, 0.5) is 0 Å². The Balaban J connectivity index is 1.77. The second kappa shape index (κ2) is 12.8. The fourth-order valence-corrected chi connectivity index (χ4v) is 5.43. The van der Waals surface area contributed by atoms with Gasteiger partial charge in [-0.2, -0.15) is 13.5 Å². The lowest BCUT2D eigenvalue weighted by Gasteiger charge is -2.31. The number of nitrogens with zero attached hydrogens (tertiary/aromatic N) is 3. The highest BCUT2D eigenvalue weighted by Gasteiger charge is 2.47. The monoisotopic (exact) mass is 599 g/mol. The predicted molar refractivity (Wildman–Crippen MR) is 156 cm³/mol. The molecule has 1 atom stereocenters. The third-order valence-electron chi connectivity index (χ3n) is 6.04. The standard InChI is InChI=1S/C29H27Cl2N3O5S/c1-3-38-27(35)10-7-19-39-29(23-8-5-4-6-9-23)20-34(32-28(29)22-11-13-24(30)14-12-22)21(2)33-40(36,37)26-17-15-25(31)16-18-26/h4-18H,3,19-20H2,1-2H3/b10-7+,33-21?. The van der Waals surface area contributed by atoms with Crippen molar-refractivity contribution >= 4 is 50.7 Å². The van der Waals surface area contributed by atoms with E-state index in [1.165, 1.54) is 35.4 Å². The van der Waals surface area contributed by atoms with E-state index in [1.54, 1.807) is 32.1 Å². The highest BCUT2D eigenvalue weighted by atomic mass is 35.5. The van der Waals surface area contributed by atoms with Gasteiger partial charge in [0.1, 0.15) is 11.5 Å². The number of hydrogen-bond acceptors (Lipinski definition) is 6. The van der Waals surface area contributed by atoms with Crippen LogP contribution in [0.25, 0.3) is 0 Å². The van der Waals surface area contributed by atoms with Crippen LogP contribution in [0, 0.1) is 0 Å². The van der Waals surface area contributed by atoms with E-state index in [0.717, 1.165) is 11.1 Å². The van der Waals surface area contributed by atoms with Crippen molar-refractivity contribution in [2.24, 2.45) is 9.50 Å².